The van der Waals surface area contributed by atoms with Gasteiger partial charge in [0.2, 0.25) is 0 Å². The van der Waals surface area contributed by atoms with Gasteiger partial charge < -0.3 is 9.84 Å². The second kappa shape index (κ2) is 5.49. The van der Waals surface area contributed by atoms with Crippen LogP contribution in [-0.4, -0.2) is 16.0 Å². The predicted octanol–water partition coefficient (Wildman–Crippen LogP) is 2.93. The highest BCUT2D eigenvalue weighted by Crippen LogP contribution is 2.24. The van der Waals surface area contributed by atoms with Gasteiger partial charge in [-0.1, -0.05) is 12.1 Å². The summed E-state index contributed by atoms with van der Waals surface area (Å²) in [6.07, 6.45) is 0. The van der Waals surface area contributed by atoms with Gasteiger partial charge in [-0.2, -0.15) is 0 Å². The Kier molecular flexibility index (Phi) is 3.76. The highest BCUT2D eigenvalue weighted by molar-refractivity contribution is 7.12. The van der Waals surface area contributed by atoms with Crippen molar-refractivity contribution in [3.05, 3.63) is 56.3 Å². The molecule has 1 aromatic carbocycles. The van der Waals surface area contributed by atoms with Gasteiger partial charge in [-0.15, -0.1) is 11.3 Å². The number of thiophene rings is 1. The van der Waals surface area contributed by atoms with Gasteiger partial charge in [-0.05, 0) is 6.07 Å². The molecule has 0 aliphatic heterocycles. The zero-order valence-electron chi connectivity index (χ0n) is 9.61. The molecule has 0 unspecified atom stereocenters. The number of benzene rings is 1. The number of carbonyl (C=O) groups is 1. The van der Waals surface area contributed by atoms with Crippen molar-refractivity contribution in [2.24, 2.45) is 0 Å². The molecule has 6 nitrogen and oxygen atoms in total. The van der Waals surface area contributed by atoms with Crippen molar-refractivity contribution in [3.63, 3.8) is 0 Å². The monoisotopic (exact) mass is 279 g/mol. The molecule has 98 valence electrons. The van der Waals surface area contributed by atoms with E-state index in [0.29, 0.717) is 11.3 Å². The number of hydrogen-bond acceptors (Lipinski definition) is 5. The fraction of sp³-hybridized carbons (Fsp3) is 0.0833. The average molecular weight is 279 g/mol. The van der Waals surface area contributed by atoms with E-state index in [4.69, 9.17) is 9.84 Å². The molecule has 0 bridgehead atoms. The molecular weight excluding hydrogens is 270 g/mol. The van der Waals surface area contributed by atoms with Crippen LogP contribution in [-0.2, 0) is 6.61 Å². The number of nitro groups is 1. The van der Waals surface area contributed by atoms with Crippen molar-refractivity contribution in [1.82, 2.24) is 0 Å². The molecule has 0 fully saturated rings. The van der Waals surface area contributed by atoms with Gasteiger partial charge in [-0.25, -0.2) is 4.79 Å². The second-order valence-corrected chi connectivity index (χ2v) is 4.54. The van der Waals surface area contributed by atoms with Gasteiger partial charge in [0, 0.05) is 17.5 Å². The number of aromatic carboxylic acids is 1. The van der Waals surface area contributed by atoms with Crippen LogP contribution in [0.4, 0.5) is 5.69 Å². The molecule has 0 saturated heterocycles. The maximum absolute atomic E-state index is 10.8. The SMILES string of the molecule is O=C(O)c1cc(OCc2ccccc2[N+](=O)[O-])cs1. The minimum Gasteiger partial charge on any atom is -0.488 e. The summed E-state index contributed by atoms with van der Waals surface area (Å²) < 4.78 is 5.36. The van der Waals surface area contributed by atoms with Crippen LogP contribution >= 0.6 is 11.3 Å². The van der Waals surface area contributed by atoms with Crippen molar-refractivity contribution >= 4 is 23.0 Å². The van der Waals surface area contributed by atoms with Crippen LogP contribution in [0.5, 0.6) is 5.75 Å². The molecule has 2 aromatic rings. The van der Waals surface area contributed by atoms with Crippen molar-refractivity contribution in [2.45, 2.75) is 6.61 Å². The number of carboxylic acid groups (broad SMARTS) is 1. The minimum atomic E-state index is -1.02. The fourth-order valence-corrected chi connectivity index (χ4v) is 2.14. The normalized spacial score (nSPS) is 10.1. The molecule has 2 rings (SSSR count). The van der Waals surface area contributed by atoms with Crippen molar-refractivity contribution in [3.8, 4) is 5.75 Å². The Labute approximate surface area is 112 Å². The Balaban J connectivity index is 2.10. The van der Waals surface area contributed by atoms with Crippen LogP contribution in [0.3, 0.4) is 0 Å². The van der Waals surface area contributed by atoms with E-state index in [0.717, 1.165) is 11.3 Å². The Morgan fingerprint density at radius 2 is 2.16 bits per heavy atom. The lowest BCUT2D eigenvalue weighted by atomic mass is 10.2. The van der Waals surface area contributed by atoms with Crippen LogP contribution < -0.4 is 4.74 Å². The van der Waals surface area contributed by atoms with Gasteiger partial charge >= 0.3 is 5.97 Å². The molecule has 1 aromatic heterocycles. The maximum Gasteiger partial charge on any atom is 0.346 e. The van der Waals surface area contributed by atoms with E-state index in [1.165, 1.54) is 12.1 Å². The summed E-state index contributed by atoms with van der Waals surface area (Å²) in [5.74, 6) is -0.633. The number of hydrogen-bond donors (Lipinski definition) is 1. The van der Waals surface area contributed by atoms with Crippen LogP contribution in [0.2, 0.25) is 0 Å². The van der Waals surface area contributed by atoms with E-state index in [9.17, 15) is 14.9 Å². The van der Waals surface area contributed by atoms with Gasteiger partial charge in [0.05, 0.1) is 10.5 Å². The third-order valence-corrected chi connectivity index (χ3v) is 3.27. The van der Waals surface area contributed by atoms with Gasteiger partial charge in [0.15, 0.2) is 0 Å². The first-order chi connectivity index (χ1) is 9.08. The van der Waals surface area contributed by atoms with Crippen LogP contribution in [0.1, 0.15) is 15.2 Å². The quantitative estimate of drug-likeness (QED) is 0.671. The summed E-state index contributed by atoms with van der Waals surface area (Å²) in [4.78, 5) is 21.2. The molecule has 0 radical (unpaired) electrons. The Morgan fingerprint density at radius 3 is 2.79 bits per heavy atom. The largest absolute Gasteiger partial charge is 0.488 e. The number of nitro benzene ring substituents is 1. The standard InChI is InChI=1S/C12H9NO5S/c14-12(15)11-5-9(7-19-11)18-6-8-3-1-2-4-10(8)13(16)17/h1-5,7H,6H2,(H,14,15). The average Bonchev–Trinajstić information content (AvgIpc) is 2.85. The Morgan fingerprint density at radius 1 is 1.42 bits per heavy atom. The highest BCUT2D eigenvalue weighted by Gasteiger charge is 2.13. The van der Waals surface area contributed by atoms with E-state index in [-0.39, 0.29) is 17.2 Å². The third-order valence-electron chi connectivity index (χ3n) is 2.37. The predicted molar refractivity (Wildman–Crippen MR) is 68.7 cm³/mol. The topological polar surface area (TPSA) is 89.7 Å². The highest BCUT2D eigenvalue weighted by atomic mass is 32.1. The van der Waals surface area contributed by atoms with Crippen LogP contribution in [0.15, 0.2) is 35.7 Å². The molecular formula is C12H9NO5S. The van der Waals surface area contributed by atoms with Crippen LogP contribution in [0, 0.1) is 10.1 Å². The summed E-state index contributed by atoms with van der Waals surface area (Å²) in [7, 11) is 0. The fourth-order valence-electron chi connectivity index (χ4n) is 1.48. The smallest absolute Gasteiger partial charge is 0.346 e. The lowest BCUT2D eigenvalue weighted by Gasteiger charge is -2.04. The molecule has 0 amide bonds. The Bertz CT molecular complexity index is 622. The van der Waals surface area contributed by atoms with Crippen molar-refractivity contribution in [2.75, 3.05) is 0 Å². The molecule has 1 heterocycles. The minimum absolute atomic E-state index is 0.0174. The number of carboxylic acids is 1. The van der Waals surface area contributed by atoms with Gasteiger partial charge in [0.1, 0.15) is 17.2 Å². The molecule has 0 atom stereocenters. The number of rotatable bonds is 5. The lowest BCUT2D eigenvalue weighted by Crippen LogP contribution is -2.00. The third kappa shape index (κ3) is 3.08. The van der Waals surface area contributed by atoms with E-state index in [2.05, 4.69) is 0 Å². The second-order valence-electron chi connectivity index (χ2n) is 3.63. The molecule has 0 aliphatic carbocycles. The number of para-hydroxylation sites is 1. The molecule has 0 saturated carbocycles. The van der Waals surface area contributed by atoms with Crippen LogP contribution in [0.25, 0.3) is 0 Å². The lowest BCUT2D eigenvalue weighted by molar-refractivity contribution is -0.385. The number of ether oxygens (including phenoxy) is 1. The molecule has 7 heteroatoms. The molecule has 19 heavy (non-hydrogen) atoms. The van der Waals surface area contributed by atoms with Crippen molar-refractivity contribution in [1.29, 1.82) is 0 Å². The summed E-state index contributed by atoms with van der Waals surface area (Å²) in [6, 6.07) is 7.65. The Hall–Kier alpha value is -2.41. The first-order valence-electron chi connectivity index (χ1n) is 5.25. The summed E-state index contributed by atoms with van der Waals surface area (Å²) in [5, 5.41) is 21.1. The maximum atomic E-state index is 10.8. The zero-order chi connectivity index (χ0) is 13.8. The van der Waals surface area contributed by atoms with Gasteiger partial charge in [0.25, 0.3) is 5.69 Å². The van der Waals surface area contributed by atoms with E-state index in [1.807, 2.05) is 0 Å². The van der Waals surface area contributed by atoms with E-state index >= 15 is 0 Å². The molecule has 0 spiro atoms. The van der Waals surface area contributed by atoms with E-state index < -0.39 is 10.9 Å². The summed E-state index contributed by atoms with van der Waals surface area (Å²) >= 11 is 1.04. The first-order valence-corrected chi connectivity index (χ1v) is 6.13. The van der Waals surface area contributed by atoms with Gasteiger partial charge in [-0.3, -0.25) is 10.1 Å². The summed E-state index contributed by atoms with van der Waals surface area (Å²) in [6.45, 7) is 0.0208. The molecule has 1 N–H and O–H groups in total. The van der Waals surface area contributed by atoms with E-state index in [1.54, 1.807) is 23.6 Å². The number of nitrogens with zero attached hydrogens (tertiary/aromatic N) is 1. The van der Waals surface area contributed by atoms with Crippen molar-refractivity contribution < 1.29 is 19.6 Å². The summed E-state index contributed by atoms with van der Waals surface area (Å²) in [5.41, 5.74) is 0.423. The first kappa shape index (κ1) is 13.0. The zero-order valence-corrected chi connectivity index (χ0v) is 10.4. The molecule has 0 aliphatic rings.